The van der Waals surface area contributed by atoms with E-state index in [2.05, 4.69) is 10.1 Å². The summed E-state index contributed by atoms with van der Waals surface area (Å²) in [6, 6.07) is 10.7. The third-order valence-corrected chi connectivity index (χ3v) is 6.55. The van der Waals surface area contributed by atoms with Crippen molar-refractivity contribution < 1.29 is 14.0 Å². The molecule has 1 N–H and O–H groups in total. The molecule has 0 radical (unpaired) electrons. The van der Waals surface area contributed by atoms with E-state index in [0.29, 0.717) is 21.6 Å². The predicted molar refractivity (Wildman–Crippen MR) is 125 cm³/mol. The van der Waals surface area contributed by atoms with Crippen molar-refractivity contribution in [3.63, 3.8) is 0 Å². The number of amidine groups is 2. The van der Waals surface area contributed by atoms with Gasteiger partial charge in [0.2, 0.25) is 11.1 Å². The molecule has 4 heterocycles. The van der Waals surface area contributed by atoms with Crippen LogP contribution >= 0.6 is 23.4 Å². The molecule has 1 fully saturated rings. The van der Waals surface area contributed by atoms with E-state index < -0.39 is 5.91 Å². The number of nitrogens with zero attached hydrogens (tertiary/aromatic N) is 4. The summed E-state index contributed by atoms with van der Waals surface area (Å²) in [4.78, 5) is 30.9. The number of hydrogen-bond acceptors (Lipinski definition) is 6. The SMILES string of the molecule is N=C1C(=Cc2ccc(-c3ccccc3Cl)o2)C(=O)N=C2SC(CC(=O)N3CCCC3)=NN12. The Kier molecular flexibility index (Phi) is 5.44. The molecule has 5 rings (SSSR count). The molecule has 0 aliphatic carbocycles. The number of hydrazone groups is 1. The van der Waals surface area contributed by atoms with Gasteiger partial charge in [0.25, 0.3) is 5.91 Å². The zero-order chi connectivity index (χ0) is 22.2. The summed E-state index contributed by atoms with van der Waals surface area (Å²) in [5.41, 5.74) is 0.794. The average Bonchev–Trinajstić information content (AvgIpc) is 3.52. The van der Waals surface area contributed by atoms with E-state index in [1.54, 1.807) is 18.2 Å². The number of nitrogens with one attached hydrogen (secondary N) is 1. The third kappa shape index (κ3) is 3.89. The van der Waals surface area contributed by atoms with Gasteiger partial charge in [-0.3, -0.25) is 15.0 Å². The van der Waals surface area contributed by atoms with Crippen molar-refractivity contribution in [3.05, 3.63) is 52.8 Å². The molecule has 1 aromatic heterocycles. The summed E-state index contributed by atoms with van der Waals surface area (Å²) in [6.07, 6.45) is 3.64. The van der Waals surface area contributed by atoms with Crippen LogP contribution in [-0.2, 0) is 9.59 Å². The van der Waals surface area contributed by atoms with Gasteiger partial charge in [-0.05, 0) is 54.9 Å². The Morgan fingerprint density at radius 1 is 1.22 bits per heavy atom. The van der Waals surface area contributed by atoms with Gasteiger partial charge >= 0.3 is 0 Å². The first-order valence-electron chi connectivity index (χ1n) is 10.1. The Morgan fingerprint density at radius 2 is 2.00 bits per heavy atom. The number of thioether (sulfide) groups is 1. The van der Waals surface area contributed by atoms with Gasteiger partial charge in [-0.15, -0.1) is 0 Å². The van der Waals surface area contributed by atoms with Crippen LogP contribution in [-0.4, -0.2) is 50.9 Å². The van der Waals surface area contributed by atoms with Crippen LogP contribution in [0.5, 0.6) is 0 Å². The number of carbonyl (C=O) groups is 2. The molecule has 0 saturated carbocycles. The summed E-state index contributed by atoms with van der Waals surface area (Å²) in [5, 5.41) is 15.5. The molecule has 0 unspecified atom stereocenters. The van der Waals surface area contributed by atoms with E-state index in [-0.39, 0.29) is 28.9 Å². The molecular formula is C22H18ClN5O3S. The third-order valence-electron chi connectivity index (χ3n) is 5.31. The van der Waals surface area contributed by atoms with Crippen molar-refractivity contribution in [2.75, 3.05) is 13.1 Å². The number of halogens is 1. The first kappa shape index (κ1) is 20.7. The molecule has 2 aromatic rings. The number of rotatable bonds is 4. The number of fused-ring (bicyclic) bond motifs is 1. The van der Waals surface area contributed by atoms with Crippen molar-refractivity contribution in [1.82, 2.24) is 9.91 Å². The molecule has 0 atom stereocenters. The standard InChI is InChI=1S/C22H18ClN5O3S/c23-16-6-2-1-5-14(16)17-8-7-13(31-17)11-15-20(24)28-22(25-21(15)30)32-18(26-28)12-19(29)27-9-3-4-10-27/h1-2,5-8,11,24H,3-4,9-10,12H2. The van der Waals surface area contributed by atoms with Gasteiger partial charge in [0.15, 0.2) is 5.84 Å². The predicted octanol–water partition coefficient (Wildman–Crippen LogP) is 4.23. The van der Waals surface area contributed by atoms with Gasteiger partial charge in [-0.25, -0.2) is 0 Å². The largest absolute Gasteiger partial charge is 0.457 e. The summed E-state index contributed by atoms with van der Waals surface area (Å²) >= 11 is 7.38. The number of furan rings is 1. The smallest absolute Gasteiger partial charge is 0.283 e. The monoisotopic (exact) mass is 467 g/mol. The summed E-state index contributed by atoms with van der Waals surface area (Å²) in [7, 11) is 0. The quantitative estimate of drug-likeness (QED) is 0.678. The van der Waals surface area contributed by atoms with Crippen LogP contribution in [0.25, 0.3) is 17.4 Å². The number of likely N-dealkylation sites (tertiary alicyclic amines) is 1. The van der Waals surface area contributed by atoms with E-state index in [1.165, 1.54) is 11.1 Å². The zero-order valence-electron chi connectivity index (χ0n) is 16.9. The number of carbonyl (C=O) groups excluding carboxylic acids is 2. The van der Waals surface area contributed by atoms with Gasteiger partial charge in [0.1, 0.15) is 16.6 Å². The van der Waals surface area contributed by atoms with Crippen LogP contribution in [0.15, 0.2) is 56.5 Å². The summed E-state index contributed by atoms with van der Waals surface area (Å²) < 4.78 is 5.82. The first-order valence-corrected chi connectivity index (χ1v) is 11.3. The molecular weight excluding hydrogens is 450 g/mol. The van der Waals surface area contributed by atoms with E-state index in [1.807, 2.05) is 23.1 Å². The lowest BCUT2D eigenvalue weighted by atomic mass is 10.1. The molecule has 1 saturated heterocycles. The van der Waals surface area contributed by atoms with Crippen LogP contribution in [0.1, 0.15) is 25.0 Å². The lowest BCUT2D eigenvalue weighted by molar-refractivity contribution is -0.128. The minimum absolute atomic E-state index is 0.00510. The highest BCUT2D eigenvalue weighted by Crippen LogP contribution is 2.32. The Bertz CT molecular complexity index is 1230. The van der Waals surface area contributed by atoms with E-state index in [9.17, 15) is 9.59 Å². The fourth-order valence-electron chi connectivity index (χ4n) is 3.69. The molecule has 2 amide bonds. The van der Waals surface area contributed by atoms with Gasteiger partial charge < -0.3 is 9.32 Å². The normalized spacial score (nSPS) is 19.5. The topological polar surface area (TPSA) is 102 Å². The van der Waals surface area contributed by atoms with Crippen molar-refractivity contribution in [2.45, 2.75) is 19.3 Å². The number of hydrogen-bond donors (Lipinski definition) is 1. The minimum Gasteiger partial charge on any atom is -0.457 e. The molecule has 3 aliphatic rings. The van der Waals surface area contributed by atoms with E-state index >= 15 is 0 Å². The highest BCUT2D eigenvalue weighted by molar-refractivity contribution is 8.27. The van der Waals surface area contributed by atoms with Crippen LogP contribution in [0.3, 0.4) is 0 Å². The highest BCUT2D eigenvalue weighted by Gasteiger charge is 2.36. The maximum atomic E-state index is 12.6. The molecule has 32 heavy (non-hydrogen) atoms. The second-order valence-electron chi connectivity index (χ2n) is 7.46. The second-order valence-corrected chi connectivity index (χ2v) is 8.91. The molecule has 10 heteroatoms. The molecule has 3 aliphatic heterocycles. The minimum atomic E-state index is -0.549. The van der Waals surface area contributed by atoms with Crippen molar-refractivity contribution in [2.24, 2.45) is 10.1 Å². The van der Waals surface area contributed by atoms with Crippen molar-refractivity contribution in [3.8, 4) is 11.3 Å². The van der Waals surface area contributed by atoms with Crippen LogP contribution in [0, 0.1) is 5.41 Å². The molecule has 0 bridgehead atoms. The van der Waals surface area contributed by atoms with Gasteiger partial charge in [0.05, 0.1) is 17.0 Å². The van der Waals surface area contributed by atoms with Crippen molar-refractivity contribution in [1.29, 1.82) is 5.41 Å². The second kappa shape index (κ2) is 8.40. The molecule has 1 aromatic carbocycles. The Balaban J connectivity index is 1.36. The van der Waals surface area contributed by atoms with Crippen LogP contribution < -0.4 is 0 Å². The lowest BCUT2D eigenvalue weighted by Crippen LogP contribution is -2.35. The van der Waals surface area contributed by atoms with Crippen LogP contribution in [0.4, 0.5) is 0 Å². The average molecular weight is 468 g/mol. The fourth-order valence-corrected chi connectivity index (χ4v) is 4.79. The Morgan fingerprint density at radius 3 is 2.78 bits per heavy atom. The van der Waals surface area contributed by atoms with Gasteiger partial charge in [-0.1, -0.05) is 23.7 Å². The fraction of sp³-hybridized carbons (Fsp3) is 0.227. The first-order chi connectivity index (χ1) is 15.5. The van der Waals surface area contributed by atoms with Crippen molar-refractivity contribution >= 4 is 57.3 Å². The summed E-state index contributed by atoms with van der Waals surface area (Å²) in [5.74, 6) is 0.301. The Labute approximate surface area is 193 Å². The van der Waals surface area contributed by atoms with Gasteiger partial charge in [-0.2, -0.15) is 15.1 Å². The lowest BCUT2D eigenvalue weighted by Gasteiger charge is -2.19. The maximum Gasteiger partial charge on any atom is 0.283 e. The molecule has 162 valence electrons. The van der Waals surface area contributed by atoms with E-state index in [0.717, 1.165) is 43.3 Å². The van der Waals surface area contributed by atoms with Crippen LogP contribution in [0.2, 0.25) is 5.02 Å². The van der Waals surface area contributed by atoms with E-state index in [4.69, 9.17) is 21.4 Å². The number of aliphatic imine (C=N–C) groups is 1. The molecule has 0 spiro atoms. The molecule has 8 nitrogen and oxygen atoms in total. The highest BCUT2D eigenvalue weighted by atomic mass is 35.5. The number of benzene rings is 1. The maximum absolute atomic E-state index is 12.6. The number of amides is 2. The Hall–Kier alpha value is -3.17. The summed E-state index contributed by atoms with van der Waals surface area (Å²) in [6.45, 7) is 1.53. The van der Waals surface area contributed by atoms with Gasteiger partial charge in [0, 0.05) is 18.7 Å². The zero-order valence-corrected chi connectivity index (χ0v) is 18.4.